The first-order chi connectivity index (χ1) is 12.8. The molecule has 2 aromatic rings. The number of carbonyl (C=O) groups excluding carboxylic acids is 1. The topological polar surface area (TPSA) is 67.2 Å². The number of carbonyl (C=O) groups is 1. The van der Waals surface area contributed by atoms with E-state index in [4.69, 9.17) is 0 Å². The highest BCUT2D eigenvalue weighted by molar-refractivity contribution is 6.04. The van der Waals surface area contributed by atoms with Gasteiger partial charge in [0.1, 0.15) is 5.69 Å². The van der Waals surface area contributed by atoms with E-state index in [1.165, 1.54) is 25.2 Å². The van der Waals surface area contributed by atoms with Gasteiger partial charge in [0, 0.05) is 26.2 Å². The molecular weight excluding hydrogens is 361 g/mol. The molecule has 0 saturated carbocycles. The monoisotopic (exact) mass is 380 g/mol. The molecule has 0 unspecified atom stereocenters. The zero-order chi connectivity index (χ0) is 19.6. The van der Waals surface area contributed by atoms with Gasteiger partial charge >= 0.3 is 6.18 Å². The number of aryl methyl sites for hydroxylation is 1. The number of anilines is 2. The van der Waals surface area contributed by atoms with Crippen LogP contribution < -0.4 is 15.8 Å². The smallest absolute Gasteiger partial charge is 0.370 e. The van der Waals surface area contributed by atoms with E-state index >= 15 is 0 Å². The molecule has 1 aliphatic rings. The van der Waals surface area contributed by atoms with Gasteiger partial charge in [0.05, 0.1) is 16.9 Å². The lowest BCUT2D eigenvalue weighted by atomic mass is 10.1. The van der Waals surface area contributed by atoms with Crippen molar-refractivity contribution in [2.24, 2.45) is 7.05 Å². The first-order valence-corrected chi connectivity index (χ1v) is 8.57. The van der Waals surface area contributed by atoms with Crippen molar-refractivity contribution in [1.29, 1.82) is 0 Å². The molecule has 1 aliphatic heterocycles. The third-order valence-electron chi connectivity index (χ3n) is 4.46. The number of aromatic nitrogens is 2. The van der Waals surface area contributed by atoms with Crippen molar-refractivity contribution in [2.45, 2.75) is 25.4 Å². The van der Waals surface area contributed by atoms with E-state index in [1.807, 2.05) is 4.90 Å². The fourth-order valence-electron chi connectivity index (χ4n) is 3.03. The molecule has 3 rings (SSSR count). The molecule has 1 aromatic carbocycles. The summed E-state index contributed by atoms with van der Waals surface area (Å²) in [5.74, 6) is -0.678. The maximum Gasteiger partial charge on any atom is 0.416 e. The number of hydrogen-bond acceptors (Lipinski definition) is 4. The number of halogens is 3. The lowest BCUT2D eigenvalue weighted by Gasteiger charge is -2.31. The Morgan fingerprint density at radius 2 is 1.81 bits per heavy atom. The van der Waals surface area contributed by atoms with Gasteiger partial charge < -0.3 is 10.2 Å². The van der Waals surface area contributed by atoms with Crippen LogP contribution in [0.4, 0.5) is 24.5 Å². The van der Waals surface area contributed by atoms with Crippen LogP contribution in [0.2, 0.25) is 0 Å². The molecule has 1 fully saturated rings. The van der Waals surface area contributed by atoms with Gasteiger partial charge in [0.25, 0.3) is 11.5 Å². The van der Waals surface area contributed by atoms with Crippen LogP contribution in [0.25, 0.3) is 0 Å². The van der Waals surface area contributed by atoms with Gasteiger partial charge in [-0.05, 0) is 43.5 Å². The number of alkyl halides is 3. The molecule has 27 heavy (non-hydrogen) atoms. The standard InChI is InChI=1S/C18H19F3N4O2/c1-24-16(26)8-6-13(23-24)17(27)22-14-11-12(18(19,20)21)5-7-15(14)25-9-3-2-4-10-25/h5-8,11H,2-4,9-10H2,1H3,(H,22,27). The number of rotatable bonds is 3. The molecule has 144 valence electrons. The van der Waals surface area contributed by atoms with Crippen LogP contribution in [0, 0.1) is 0 Å². The van der Waals surface area contributed by atoms with Crippen LogP contribution >= 0.6 is 0 Å². The van der Waals surface area contributed by atoms with Crippen molar-refractivity contribution in [3.63, 3.8) is 0 Å². The summed E-state index contributed by atoms with van der Waals surface area (Å²) < 4.78 is 40.4. The van der Waals surface area contributed by atoms with Crippen LogP contribution in [0.3, 0.4) is 0 Å². The number of benzene rings is 1. The molecule has 1 saturated heterocycles. The summed E-state index contributed by atoms with van der Waals surface area (Å²) >= 11 is 0. The summed E-state index contributed by atoms with van der Waals surface area (Å²) in [6.07, 6.45) is -1.57. The second kappa shape index (κ2) is 7.42. The second-order valence-corrected chi connectivity index (χ2v) is 6.41. The molecule has 1 N–H and O–H groups in total. The molecule has 0 spiro atoms. The zero-order valence-electron chi connectivity index (χ0n) is 14.7. The van der Waals surface area contributed by atoms with Crippen molar-refractivity contribution in [2.75, 3.05) is 23.3 Å². The summed E-state index contributed by atoms with van der Waals surface area (Å²) in [7, 11) is 1.39. The Morgan fingerprint density at radius 3 is 2.44 bits per heavy atom. The van der Waals surface area contributed by atoms with Crippen LogP contribution in [-0.2, 0) is 13.2 Å². The number of hydrogen-bond donors (Lipinski definition) is 1. The van der Waals surface area contributed by atoms with E-state index in [0.29, 0.717) is 18.8 Å². The minimum Gasteiger partial charge on any atom is -0.370 e. The van der Waals surface area contributed by atoms with Gasteiger partial charge in [-0.25, -0.2) is 4.68 Å². The lowest BCUT2D eigenvalue weighted by Crippen LogP contribution is -2.31. The Hall–Kier alpha value is -2.84. The molecule has 1 amide bonds. The summed E-state index contributed by atoms with van der Waals surface area (Å²) in [6.45, 7) is 1.43. The maximum absolute atomic E-state index is 13.1. The third kappa shape index (κ3) is 4.29. The molecule has 0 aliphatic carbocycles. The minimum absolute atomic E-state index is 0.0564. The predicted octanol–water partition coefficient (Wildman–Crippen LogP) is 3.04. The van der Waals surface area contributed by atoms with Crippen molar-refractivity contribution in [1.82, 2.24) is 9.78 Å². The average molecular weight is 380 g/mol. The van der Waals surface area contributed by atoms with Gasteiger partial charge in [-0.15, -0.1) is 0 Å². The highest BCUT2D eigenvalue weighted by Gasteiger charge is 2.32. The second-order valence-electron chi connectivity index (χ2n) is 6.41. The van der Waals surface area contributed by atoms with Gasteiger partial charge in [-0.2, -0.15) is 18.3 Å². The maximum atomic E-state index is 13.1. The molecule has 1 aromatic heterocycles. The Balaban J connectivity index is 1.96. The third-order valence-corrected chi connectivity index (χ3v) is 4.46. The Morgan fingerprint density at radius 1 is 1.11 bits per heavy atom. The molecular formula is C18H19F3N4O2. The van der Waals surface area contributed by atoms with Gasteiger partial charge in [0.15, 0.2) is 0 Å². The molecule has 6 nitrogen and oxygen atoms in total. The van der Waals surface area contributed by atoms with Gasteiger partial charge in [-0.3, -0.25) is 9.59 Å². The summed E-state index contributed by atoms with van der Waals surface area (Å²) in [5.41, 5.74) is -0.668. The normalized spacial score (nSPS) is 14.9. The molecule has 0 radical (unpaired) electrons. The number of nitrogens with one attached hydrogen (secondary N) is 1. The van der Waals surface area contributed by atoms with E-state index in [1.54, 1.807) is 0 Å². The fraction of sp³-hybridized carbons (Fsp3) is 0.389. The fourth-order valence-corrected chi connectivity index (χ4v) is 3.03. The highest BCUT2D eigenvalue weighted by Crippen LogP contribution is 2.36. The van der Waals surface area contributed by atoms with Crippen molar-refractivity contribution in [3.05, 3.63) is 51.9 Å². The quantitative estimate of drug-likeness (QED) is 0.889. The Bertz CT molecular complexity index is 902. The first-order valence-electron chi connectivity index (χ1n) is 8.57. The minimum atomic E-state index is -4.52. The van der Waals surface area contributed by atoms with E-state index < -0.39 is 17.6 Å². The van der Waals surface area contributed by atoms with E-state index in [9.17, 15) is 22.8 Å². The van der Waals surface area contributed by atoms with E-state index in [-0.39, 0.29) is 16.9 Å². The molecule has 0 bridgehead atoms. The van der Waals surface area contributed by atoms with Crippen LogP contribution in [0.5, 0.6) is 0 Å². The van der Waals surface area contributed by atoms with Crippen LogP contribution in [-0.4, -0.2) is 28.8 Å². The lowest BCUT2D eigenvalue weighted by molar-refractivity contribution is -0.137. The molecule has 9 heteroatoms. The molecule has 0 atom stereocenters. The van der Waals surface area contributed by atoms with E-state index in [0.717, 1.165) is 36.1 Å². The number of piperidine rings is 1. The van der Waals surface area contributed by atoms with Crippen molar-refractivity contribution in [3.8, 4) is 0 Å². The SMILES string of the molecule is Cn1nc(C(=O)Nc2cc(C(F)(F)F)ccc2N2CCCCC2)ccc1=O. The Labute approximate surface area is 153 Å². The summed E-state index contributed by atoms with van der Waals surface area (Å²) in [5, 5.41) is 6.36. The van der Waals surface area contributed by atoms with Crippen LogP contribution in [0.15, 0.2) is 35.1 Å². The largest absolute Gasteiger partial charge is 0.416 e. The zero-order valence-corrected chi connectivity index (χ0v) is 14.7. The van der Waals surface area contributed by atoms with Crippen molar-refractivity contribution < 1.29 is 18.0 Å². The number of amides is 1. The van der Waals surface area contributed by atoms with E-state index in [2.05, 4.69) is 10.4 Å². The van der Waals surface area contributed by atoms with Gasteiger partial charge in [0.2, 0.25) is 0 Å². The van der Waals surface area contributed by atoms with Crippen LogP contribution in [0.1, 0.15) is 35.3 Å². The average Bonchev–Trinajstić information content (AvgIpc) is 2.64. The summed E-state index contributed by atoms with van der Waals surface area (Å²) in [6, 6.07) is 5.76. The summed E-state index contributed by atoms with van der Waals surface area (Å²) in [4.78, 5) is 25.9. The predicted molar refractivity (Wildman–Crippen MR) is 94.9 cm³/mol. The molecule has 2 heterocycles. The van der Waals surface area contributed by atoms with Gasteiger partial charge in [-0.1, -0.05) is 0 Å². The Kier molecular flexibility index (Phi) is 5.20. The first kappa shape index (κ1) is 18.9. The number of nitrogens with zero attached hydrogens (tertiary/aromatic N) is 3. The van der Waals surface area contributed by atoms with Crippen molar-refractivity contribution >= 4 is 17.3 Å². The highest BCUT2D eigenvalue weighted by atomic mass is 19.4.